The zero-order valence-electron chi connectivity index (χ0n) is 15.9. The zero-order chi connectivity index (χ0) is 19.6. The third-order valence-electron chi connectivity index (χ3n) is 4.17. The van der Waals surface area contributed by atoms with Crippen LogP contribution in [0.3, 0.4) is 0 Å². The van der Waals surface area contributed by atoms with Gasteiger partial charge in [0.05, 0.1) is 0 Å². The number of hydrogen-bond acceptors (Lipinski definition) is 6. The molecule has 0 atom stereocenters. The Morgan fingerprint density at radius 1 is 1.08 bits per heavy atom. The van der Waals surface area contributed by atoms with Gasteiger partial charge < -0.3 is 0 Å². The maximum atomic E-state index is 12.5. The number of fused-ring (bicyclic) bond motifs is 1. The van der Waals surface area contributed by atoms with Crippen LogP contribution >= 0.6 is 0 Å². The summed E-state index contributed by atoms with van der Waals surface area (Å²) < 4.78 is 35.0. The summed E-state index contributed by atoms with van der Waals surface area (Å²) in [4.78, 5) is 15.9. The molecule has 10 heteroatoms. The van der Waals surface area contributed by atoms with Crippen LogP contribution in [-0.4, -0.2) is 87.7 Å². The van der Waals surface area contributed by atoms with Crippen LogP contribution in [0.15, 0.2) is 17.0 Å². The molecule has 0 saturated carbocycles. The van der Waals surface area contributed by atoms with Gasteiger partial charge in [0.1, 0.15) is 0 Å². The minimum absolute atomic E-state index is 0.0402. The first kappa shape index (κ1) is 20.8. The number of rotatable bonds is 7. The average Bonchev–Trinajstić information content (AvgIpc) is 3.06. The van der Waals surface area contributed by atoms with Crippen LogP contribution in [0.4, 0.5) is 5.69 Å². The molecule has 0 unspecified atom stereocenters. The number of amides is 1. The summed E-state index contributed by atoms with van der Waals surface area (Å²) in [5.74, 6) is 0.0562. The van der Waals surface area contributed by atoms with Gasteiger partial charge in [0, 0.05) is 0 Å². The van der Waals surface area contributed by atoms with Gasteiger partial charge in [0.2, 0.25) is 0 Å². The predicted octanol–water partition coefficient (Wildman–Crippen LogP) is 0.488. The molecule has 0 radical (unpaired) electrons. The van der Waals surface area contributed by atoms with Crippen molar-refractivity contribution in [2.24, 2.45) is 5.92 Å². The fourth-order valence-corrected chi connectivity index (χ4v) is 4.86. The third kappa shape index (κ3) is 4.09. The van der Waals surface area contributed by atoms with Crippen molar-refractivity contribution in [1.29, 1.82) is 0 Å². The average molecular weight is 446 g/mol. The molecule has 0 N–H and O–H groups in total. The van der Waals surface area contributed by atoms with Crippen molar-refractivity contribution in [2.45, 2.75) is 18.7 Å². The molecule has 1 aromatic heterocycles. The van der Waals surface area contributed by atoms with Crippen LogP contribution < -0.4 is 4.90 Å². The molecule has 8 nitrogen and oxygen atoms in total. The number of aromatic nitrogens is 2. The van der Waals surface area contributed by atoms with Crippen molar-refractivity contribution in [2.75, 3.05) is 46.2 Å². The molecule has 2 aromatic rings. The molecule has 2 rings (SSSR count). The summed E-state index contributed by atoms with van der Waals surface area (Å²) in [6, 6.07) is 3.35. The van der Waals surface area contributed by atoms with E-state index in [1.807, 2.05) is 25.8 Å². The van der Waals surface area contributed by atoms with E-state index in [-0.39, 0.29) is 31.7 Å². The zero-order valence-corrected chi connectivity index (χ0v) is 18.5. The molecule has 0 spiro atoms. The Morgan fingerprint density at radius 3 is 2.27 bits per heavy atom. The third-order valence-corrected chi connectivity index (χ3v) is 7.12. The van der Waals surface area contributed by atoms with Crippen molar-refractivity contribution in [1.82, 2.24) is 17.2 Å². The van der Waals surface area contributed by atoms with Gasteiger partial charge in [-0.3, -0.25) is 0 Å². The topological polar surface area (TPSA) is 86.7 Å². The van der Waals surface area contributed by atoms with Crippen LogP contribution in [0.2, 0.25) is 0 Å². The summed E-state index contributed by atoms with van der Waals surface area (Å²) in [6.45, 7) is 4.94. The van der Waals surface area contributed by atoms with E-state index in [4.69, 9.17) is 0 Å². The second-order valence-corrected chi connectivity index (χ2v) is 9.90. The number of carbonyl (C=O) groups is 1. The number of sulfonamides is 1. The number of likely N-dealkylation sites (N-methyl/N-ethyl adjacent to an activating group) is 2. The first-order valence-electron chi connectivity index (χ1n) is 8.21. The van der Waals surface area contributed by atoms with Gasteiger partial charge in [0.25, 0.3) is 0 Å². The molecular weight excluding hydrogens is 421 g/mol. The van der Waals surface area contributed by atoms with E-state index in [2.05, 4.69) is 7.96 Å². The van der Waals surface area contributed by atoms with Crippen LogP contribution in [0, 0.1) is 5.92 Å². The van der Waals surface area contributed by atoms with Crippen LogP contribution in [0.1, 0.15) is 13.8 Å². The molecule has 1 heterocycles. The van der Waals surface area contributed by atoms with Crippen LogP contribution in [0.5, 0.6) is 0 Å². The van der Waals surface area contributed by atoms with Gasteiger partial charge in [0.15, 0.2) is 0 Å². The molecule has 0 aliphatic rings. The second-order valence-electron chi connectivity index (χ2n) is 6.67. The molecule has 1 amide bonds. The Morgan fingerprint density at radius 2 is 1.69 bits per heavy atom. The van der Waals surface area contributed by atoms with Gasteiger partial charge in [-0.25, -0.2) is 0 Å². The fourth-order valence-electron chi connectivity index (χ4n) is 2.52. The quantitative estimate of drug-likeness (QED) is 0.576. The monoisotopic (exact) mass is 447 g/mol. The van der Waals surface area contributed by atoms with Crippen LogP contribution in [-0.2, 0) is 14.8 Å². The molecular formula is C16H25N5O3SSe. The van der Waals surface area contributed by atoms with E-state index in [1.54, 1.807) is 24.1 Å². The molecule has 144 valence electrons. The van der Waals surface area contributed by atoms with Crippen molar-refractivity contribution in [3.8, 4) is 0 Å². The molecule has 0 saturated heterocycles. The number of anilines is 1. The molecule has 0 fully saturated rings. The predicted molar refractivity (Wildman–Crippen MR) is 103 cm³/mol. The summed E-state index contributed by atoms with van der Waals surface area (Å²) >= 11 is -0.347. The summed E-state index contributed by atoms with van der Waals surface area (Å²) in [5.41, 5.74) is 1.88. The first-order chi connectivity index (χ1) is 12.1. The molecule has 26 heavy (non-hydrogen) atoms. The van der Waals surface area contributed by atoms with Crippen molar-refractivity contribution >= 4 is 47.6 Å². The first-order valence-corrected chi connectivity index (χ1v) is 11.2. The molecule has 0 aliphatic heterocycles. The van der Waals surface area contributed by atoms with E-state index in [1.165, 1.54) is 18.4 Å². The Balaban J connectivity index is 2.29. The SMILES string of the molecule is CC(C)C(=O)N(C)CCN(C)c1ccc(S(=O)(=O)N(C)C)c2n[se]nc12. The van der Waals surface area contributed by atoms with Gasteiger partial charge in [-0.1, -0.05) is 0 Å². The van der Waals surface area contributed by atoms with E-state index in [0.717, 1.165) is 5.69 Å². The van der Waals surface area contributed by atoms with Crippen molar-refractivity contribution < 1.29 is 13.2 Å². The van der Waals surface area contributed by atoms with Gasteiger partial charge in [-0.05, 0) is 0 Å². The normalized spacial score (nSPS) is 12.2. The number of benzene rings is 1. The molecule has 1 aromatic carbocycles. The number of nitrogens with zero attached hydrogens (tertiary/aromatic N) is 5. The minimum atomic E-state index is -3.57. The fraction of sp³-hybridized carbons (Fsp3) is 0.562. The van der Waals surface area contributed by atoms with E-state index in [9.17, 15) is 13.2 Å². The van der Waals surface area contributed by atoms with Crippen molar-refractivity contribution in [3.63, 3.8) is 0 Å². The van der Waals surface area contributed by atoms with Gasteiger partial charge in [-0.15, -0.1) is 0 Å². The van der Waals surface area contributed by atoms with Gasteiger partial charge in [-0.2, -0.15) is 0 Å². The Kier molecular flexibility index (Phi) is 6.44. The Hall–Kier alpha value is -1.48. The summed E-state index contributed by atoms with van der Waals surface area (Å²) in [5, 5.41) is 0. The van der Waals surface area contributed by atoms with Crippen LogP contribution in [0.25, 0.3) is 11.0 Å². The van der Waals surface area contributed by atoms with Gasteiger partial charge >= 0.3 is 161 Å². The number of carbonyl (C=O) groups excluding carboxylic acids is 1. The Bertz CT molecular complexity index is 894. The number of hydrogen-bond donors (Lipinski definition) is 0. The Labute approximate surface area is 161 Å². The molecule has 0 aliphatic carbocycles. The standard InChI is InChI=1S/C16H25N5O3SSe/c1-11(2)16(22)21(6)10-9-20(5)12-7-8-13(25(23,24)19(3)4)15-14(12)17-26-18-15/h7-8,11H,9-10H2,1-6H3. The summed E-state index contributed by atoms with van der Waals surface area (Å²) in [7, 11) is 3.12. The molecule has 0 bridgehead atoms. The van der Waals surface area contributed by atoms with E-state index >= 15 is 0 Å². The van der Waals surface area contributed by atoms with Crippen molar-refractivity contribution in [3.05, 3.63) is 12.1 Å². The van der Waals surface area contributed by atoms with E-state index in [0.29, 0.717) is 24.1 Å². The second kappa shape index (κ2) is 8.04. The summed E-state index contributed by atoms with van der Waals surface area (Å²) in [6.07, 6.45) is 0. The van der Waals surface area contributed by atoms with E-state index < -0.39 is 10.0 Å². The maximum absolute atomic E-state index is 12.5.